The summed E-state index contributed by atoms with van der Waals surface area (Å²) in [7, 11) is 0. The van der Waals surface area contributed by atoms with Gasteiger partial charge in [-0.3, -0.25) is 4.68 Å². The molecule has 19 heavy (non-hydrogen) atoms. The van der Waals surface area contributed by atoms with Crippen LogP contribution in [0.4, 0.5) is 0 Å². The standard InChI is InChI=1S/C16H28N2O/c1-11(2)9-15-14-6-5-13(12(3)4)10-16(14)18(17-15)7-8-19/h11-13,19H,5-10H2,1-4H3. The van der Waals surface area contributed by atoms with Gasteiger partial charge in [-0.05, 0) is 49.0 Å². The van der Waals surface area contributed by atoms with Crippen LogP contribution in [0.2, 0.25) is 0 Å². The lowest BCUT2D eigenvalue weighted by Crippen LogP contribution is -2.22. The van der Waals surface area contributed by atoms with Crippen LogP contribution in [0.15, 0.2) is 0 Å². The van der Waals surface area contributed by atoms with E-state index in [-0.39, 0.29) is 6.61 Å². The van der Waals surface area contributed by atoms with Crippen molar-refractivity contribution in [2.75, 3.05) is 6.61 Å². The third-order valence-electron chi connectivity index (χ3n) is 4.33. The number of nitrogens with zero attached hydrogens (tertiary/aromatic N) is 2. The molecule has 3 heteroatoms. The van der Waals surface area contributed by atoms with Crippen LogP contribution in [-0.2, 0) is 25.8 Å². The van der Waals surface area contributed by atoms with Gasteiger partial charge < -0.3 is 5.11 Å². The topological polar surface area (TPSA) is 38.0 Å². The van der Waals surface area contributed by atoms with Gasteiger partial charge >= 0.3 is 0 Å². The molecule has 0 saturated carbocycles. The van der Waals surface area contributed by atoms with Crippen molar-refractivity contribution in [1.29, 1.82) is 0 Å². The normalized spacial score (nSPS) is 19.2. The monoisotopic (exact) mass is 264 g/mol. The Morgan fingerprint density at radius 3 is 2.63 bits per heavy atom. The van der Waals surface area contributed by atoms with E-state index in [4.69, 9.17) is 5.10 Å². The number of aromatic nitrogens is 2. The summed E-state index contributed by atoms with van der Waals surface area (Å²) in [6.07, 6.45) is 4.66. The van der Waals surface area contributed by atoms with E-state index in [9.17, 15) is 5.11 Å². The van der Waals surface area contributed by atoms with Gasteiger partial charge in [-0.15, -0.1) is 0 Å². The van der Waals surface area contributed by atoms with Gasteiger partial charge in [0, 0.05) is 5.69 Å². The van der Waals surface area contributed by atoms with Gasteiger partial charge in [0.1, 0.15) is 0 Å². The minimum Gasteiger partial charge on any atom is -0.394 e. The molecule has 108 valence electrons. The van der Waals surface area contributed by atoms with E-state index >= 15 is 0 Å². The quantitative estimate of drug-likeness (QED) is 0.888. The number of hydrogen-bond acceptors (Lipinski definition) is 2. The molecule has 0 bridgehead atoms. The van der Waals surface area contributed by atoms with E-state index in [1.165, 1.54) is 29.8 Å². The van der Waals surface area contributed by atoms with E-state index < -0.39 is 0 Å². The second-order valence-electron chi connectivity index (χ2n) is 6.66. The van der Waals surface area contributed by atoms with E-state index in [1.807, 2.05) is 0 Å². The number of hydrogen-bond donors (Lipinski definition) is 1. The van der Waals surface area contributed by atoms with Crippen LogP contribution in [0.5, 0.6) is 0 Å². The largest absolute Gasteiger partial charge is 0.394 e. The molecule has 1 unspecified atom stereocenters. The summed E-state index contributed by atoms with van der Waals surface area (Å²) >= 11 is 0. The average molecular weight is 264 g/mol. The minimum absolute atomic E-state index is 0.182. The molecule has 0 radical (unpaired) electrons. The number of rotatable bonds is 5. The second kappa shape index (κ2) is 6.08. The third-order valence-corrected chi connectivity index (χ3v) is 4.33. The fourth-order valence-electron chi connectivity index (χ4n) is 3.19. The molecule has 1 aliphatic rings. The first-order valence-electron chi connectivity index (χ1n) is 7.71. The molecule has 0 amide bonds. The molecular weight excluding hydrogens is 236 g/mol. The first-order chi connectivity index (χ1) is 9.02. The van der Waals surface area contributed by atoms with Crippen molar-refractivity contribution in [3.05, 3.63) is 17.0 Å². The van der Waals surface area contributed by atoms with Gasteiger partial charge in [-0.1, -0.05) is 27.7 Å². The van der Waals surface area contributed by atoms with Crippen molar-refractivity contribution in [3.63, 3.8) is 0 Å². The maximum atomic E-state index is 9.23. The van der Waals surface area contributed by atoms with E-state index in [1.54, 1.807) is 0 Å². The molecule has 1 aromatic heterocycles. The van der Waals surface area contributed by atoms with E-state index in [0.717, 1.165) is 24.7 Å². The van der Waals surface area contributed by atoms with E-state index in [0.29, 0.717) is 12.5 Å². The SMILES string of the molecule is CC(C)Cc1nn(CCO)c2c1CCC(C(C)C)C2. The Morgan fingerprint density at radius 1 is 1.32 bits per heavy atom. The highest BCUT2D eigenvalue weighted by Gasteiger charge is 2.27. The van der Waals surface area contributed by atoms with Crippen LogP contribution in [0, 0.1) is 17.8 Å². The molecule has 0 saturated heterocycles. The molecule has 3 nitrogen and oxygen atoms in total. The molecule has 1 heterocycles. The Morgan fingerprint density at radius 2 is 2.05 bits per heavy atom. The lowest BCUT2D eigenvalue weighted by molar-refractivity contribution is 0.262. The number of aliphatic hydroxyl groups is 1. The van der Waals surface area contributed by atoms with Gasteiger partial charge in [-0.2, -0.15) is 5.10 Å². The number of aliphatic hydroxyl groups excluding tert-OH is 1. The first kappa shape index (κ1) is 14.6. The highest BCUT2D eigenvalue weighted by Crippen LogP contribution is 2.32. The van der Waals surface area contributed by atoms with Crippen molar-refractivity contribution >= 4 is 0 Å². The van der Waals surface area contributed by atoms with Crippen LogP contribution in [0.25, 0.3) is 0 Å². The Hall–Kier alpha value is -0.830. The fourth-order valence-corrected chi connectivity index (χ4v) is 3.19. The lowest BCUT2D eigenvalue weighted by atomic mass is 9.80. The summed E-state index contributed by atoms with van der Waals surface area (Å²) in [4.78, 5) is 0. The molecule has 0 spiro atoms. The zero-order valence-corrected chi connectivity index (χ0v) is 12.8. The van der Waals surface area contributed by atoms with Crippen LogP contribution >= 0.6 is 0 Å². The second-order valence-corrected chi connectivity index (χ2v) is 6.66. The van der Waals surface area contributed by atoms with Gasteiger partial charge in [0.2, 0.25) is 0 Å². The first-order valence-corrected chi connectivity index (χ1v) is 7.71. The van der Waals surface area contributed by atoms with Crippen molar-refractivity contribution in [2.45, 2.75) is 59.9 Å². The fraction of sp³-hybridized carbons (Fsp3) is 0.812. The molecule has 0 aromatic carbocycles. The Bertz CT molecular complexity index is 421. The number of fused-ring (bicyclic) bond motifs is 1. The van der Waals surface area contributed by atoms with E-state index in [2.05, 4.69) is 32.4 Å². The summed E-state index contributed by atoms with van der Waals surface area (Å²) < 4.78 is 2.07. The summed E-state index contributed by atoms with van der Waals surface area (Å²) in [5.41, 5.74) is 4.16. The Balaban J connectivity index is 2.29. The van der Waals surface area contributed by atoms with Gasteiger partial charge in [-0.25, -0.2) is 0 Å². The summed E-state index contributed by atoms with van der Waals surface area (Å²) in [5, 5.41) is 14.0. The predicted octanol–water partition coefficient (Wildman–Crippen LogP) is 2.83. The third kappa shape index (κ3) is 3.19. The van der Waals surface area contributed by atoms with Gasteiger partial charge in [0.25, 0.3) is 0 Å². The minimum atomic E-state index is 0.182. The van der Waals surface area contributed by atoms with Crippen LogP contribution < -0.4 is 0 Å². The summed E-state index contributed by atoms with van der Waals surface area (Å²) in [6.45, 7) is 9.95. The zero-order valence-electron chi connectivity index (χ0n) is 12.8. The molecule has 1 N–H and O–H groups in total. The molecule has 1 aromatic rings. The molecule has 1 atom stereocenters. The van der Waals surface area contributed by atoms with Crippen molar-refractivity contribution in [2.24, 2.45) is 17.8 Å². The van der Waals surface area contributed by atoms with Gasteiger partial charge in [0.05, 0.1) is 18.8 Å². The summed E-state index contributed by atoms with van der Waals surface area (Å²) in [5.74, 6) is 2.15. The molecule has 2 rings (SSSR count). The smallest absolute Gasteiger partial charge is 0.0662 e. The summed E-state index contributed by atoms with van der Waals surface area (Å²) in [6, 6.07) is 0. The maximum absolute atomic E-state index is 9.23. The lowest BCUT2D eigenvalue weighted by Gasteiger charge is -2.26. The molecule has 0 fully saturated rings. The average Bonchev–Trinajstić information content (AvgIpc) is 2.67. The highest BCUT2D eigenvalue weighted by atomic mass is 16.3. The zero-order chi connectivity index (χ0) is 14.0. The highest BCUT2D eigenvalue weighted by molar-refractivity contribution is 5.30. The molecule has 1 aliphatic carbocycles. The molecular formula is C16H28N2O. The predicted molar refractivity (Wildman–Crippen MR) is 78.2 cm³/mol. The Kier molecular flexibility index (Phi) is 4.67. The van der Waals surface area contributed by atoms with Crippen molar-refractivity contribution in [3.8, 4) is 0 Å². The Labute approximate surface area is 117 Å². The van der Waals surface area contributed by atoms with Crippen LogP contribution in [-0.4, -0.2) is 21.5 Å². The van der Waals surface area contributed by atoms with Crippen molar-refractivity contribution < 1.29 is 5.11 Å². The molecule has 0 aliphatic heterocycles. The van der Waals surface area contributed by atoms with Crippen LogP contribution in [0.1, 0.15) is 51.1 Å². The van der Waals surface area contributed by atoms with Crippen molar-refractivity contribution in [1.82, 2.24) is 9.78 Å². The van der Waals surface area contributed by atoms with Gasteiger partial charge in [0.15, 0.2) is 0 Å². The maximum Gasteiger partial charge on any atom is 0.0662 e. The van der Waals surface area contributed by atoms with Crippen LogP contribution in [0.3, 0.4) is 0 Å².